The molecule has 1 aliphatic carbocycles. The summed E-state index contributed by atoms with van der Waals surface area (Å²) in [5, 5.41) is 2.37. The van der Waals surface area contributed by atoms with Crippen LogP contribution < -0.4 is 0 Å². The number of fused-ring (bicyclic) bond motifs is 4. The third-order valence-corrected chi connectivity index (χ3v) is 10.8. The lowest BCUT2D eigenvalue weighted by Gasteiger charge is -2.34. The molecule has 2 nitrogen and oxygen atoms in total. The van der Waals surface area contributed by atoms with Gasteiger partial charge >= 0.3 is 0 Å². The second kappa shape index (κ2) is 12.7. The molecule has 248 valence electrons. The number of pyridine rings is 2. The standard InChI is InChI=1S/C51H34N2/c1-5-17-35(18-6-1)46-30-29-38(34-52-46)39-32-47(36-19-7-2-8-20-36)53-48(33-39)50-42-26-14-13-21-37(42)31-45-49(50)43-27-15-16-28-44(43)51(45,40-22-9-3-10-23-40)41-24-11-4-12-25-41/h1-34H. The molecular weight excluding hydrogens is 641 g/mol. The SMILES string of the molecule is c1ccc(-c2ccc(-c3cc(-c4ccccc4)nc(-c4c5c(cc6ccccc46)C(c4ccccc4)(c4ccccc4)c4ccccc4-5)c3)cn2)cc1. The second-order valence-electron chi connectivity index (χ2n) is 13.7. The minimum Gasteiger partial charge on any atom is -0.256 e. The second-order valence-corrected chi connectivity index (χ2v) is 13.7. The van der Waals surface area contributed by atoms with Crippen LogP contribution in [0.25, 0.3) is 66.8 Å². The Balaban J connectivity index is 1.29. The van der Waals surface area contributed by atoms with E-state index in [9.17, 15) is 0 Å². The van der Waals surface area contributed by atoms with E-state index in [0.29, 0.717) is 0 Å². The Labute approximate surface area is 309 Å². The van der Waals surface area contributed by atoms with Gasteiger partial charge < -0.3 is 0 Å². The molecule has 0 spiro atoms. The van der Waals surface area contributed by atoms with Gasteiger partial charge in [0, 0.05) is 28.5 Å². The van der Waals surface area contributed by atoms with E-state index >= 15 is 0 Å². The van der Waals surface area contributed by atoms with Crippen molar-refractivity contribution in [3.8, 4) is 56.0 Å². The molecule has 0 saturated heterocycles. The molecule has 0 amide bonds. The van der Waals surface area contributed by atoms with Gasteiger partial charge in [0.1, 0.15) is 0 Å². The molecule has 2 aromatic heterocycles. The number of rotatable bonds is 6. The highest BCUT2D eigenvalue weighted by Gasteiger charge is 2.47. The fraction of sp³-hybridized carbons (Fsp3) is 0.0196. The fourth-order valence-corrected chi connectivity index (χ4v) is 8.45. The van der Waals surface area contributed by atoms with Crippen LogP contribution in [0.5, 0.6) is 0 Å². The molecule has 2 heteroatoms. The van der Waals surface area contributed by atoms with Gasteiger partial charge in [-0.3, -0.25) is 4.98 Å². The van der Waals surface area contributed by atoms with Gasteiger partial charge in [-0.2, -0.15) is 0 Å². The Morgan fingerprint density at radius 3 is 1.58 bits per heavy atom. The Morgan fingerprint density at radius 1 is 0.358 bits per heavy atom. The normalized spacial score (nSPS) is 12.7. The first-order valence-corrected chi connectivity index (χ1v) is 18.2. The van der Waals surface area contributed by atoms with Crippen LogP contribution >= 0.6 is 0 Å². The van der Waals surface area contributed by atoms with E-state index in [2.05, 4.69) is 194 Å². The molecule has 2 heterocycles. The molecule has 0 N–H and O–H groups in total. The third kappa shape index (κ3) is 5.03. The van der Waals surface area contributed by atoms with Crippen molar-refractivity contribution in [2.75, 3.05) is 0 Å². The number of hydrogen-bond donors (Lipinski definition) is 0. The van der Waals surface area contributed by atoms with Gasteiger partial charge in [0.05, 0.1) is 22.5 Å². The summed E-state index contributed by atoms with van der Waals surface area (Å²) in [4.78, 5) is 10.5. The summed E-state index contributed by atoms with van der Waals surface area (Å²) in [6, 6.07) is 71.8. The monoisotopic (exact) mass is 674 g/mol. The minimum atomic E-state index is -0.524. The molecule has 0 saturated carbocycles. The smallest absolute Gasteiger partial charge is 0.0728 e. The van der Waals surface area contributed by atoms with E-state index in [0.717, 1.165) is 44.9 Å². The van der Waals surface area contributed by atoms with Crippen LogP contribution in [0, 0.1) is 0 Å². The van der Waals surface area contributed by atoms with E-state index in [-0.39, 0.29) is 0 Å². The third-order valence-electron chi connectivity index (χ3n) is 10.8. The Morgan fingerprint density at radius 2 is 0.925 bits per heavy atom. The zero-order valence-corrected chi connectivity index (χ0v) is 29.0. The van der Waals surface area contributed by atoms with Gasteiger partial charge in [-0.05, 0) is 74.0 Å². The Hall–Kier alpha value is -6.90. The summed E-state index contributed by atoms with van der Waals surface area (Å²) in [7, 11) is 0. The highest BCUT2D eigenvalue weighted by atomic mass is 14.7. The van der Waals surface area contributed by atoms with Crippen LogP contribution in [0.2, 0.25) is 0 Å². The van der Waals surface area contributed by atoms with Crippen molar-refractivity contribution in [2.45, 2.75) is 5.41 Å². The molecule has 0 aliphatic heterocycles. The van der Waals surface area contributed by atoms with Crippen molar-refractivity contribution in [2.24, 2.45) is 0 Å². The molecular formula is C51H34N2. The average molecular weight is 675 g/mol. The van der Waals surface area contributed by atoms with Crippen LogP contribution in [0.1, 0.15) is 22.3 Å². The molecule has 0 radical (unpaired) electrons. The summed E-state index contributed by atoms with van der Waals surface area (Å²) in [5.74, 6) is 0. The van der Waals surface area contributed by atoms with Crippen molar-refractivity contribution in [1.82, 2.24) is 9.97 Å². The highest BCUT2D eigenvalue weighted by molar-refractivity contribution is 6.09. The van der Waals surface area contributed by atoms with Crippen LogP contribution in [-0.4, -0.2) is 9.97 Å². The number of aromatic nitrogens is 2. The number of hydrogen-bond acceptors (Lipinski definition) is 2. The molecule has 0 unspecified atom stereocenters. The van der Waals surface area contributed by atoms with Crippen LogP contribution in [0.4, 0.5) is 0 Å². The van der Waals surface area contributed by atoms with E-state index in [4.69, 9.17) is 9.97 Å². The first-order chi connectivity index (χ1) is 26.3. The lowest BCUT2D eigenvalue weighted by Crippen LogP contribution is -2.28. The maximum Gasteiger partial charge on any atom is 0.0728 e. The van der Waals surface area contributed by atoms with Crippen molar-refractivity contribution >= 4 is 10.8 Å². The fourth-order valence-electron chi connectivity index (χ4n) is 8.45. The number of benzene rings is 7. The molecule has 0 fully saturated rings. The van der Waals surface area contributed by atoms with Crippen LogP contribution in [0.15, 0.2) is 206 Å². The van der Waals surface area contributed by atoms with E-state index in [1.54, 1.807) is 0 Å². The van der Waals surface area contributed by atoms with Crippen molar-refractivity contribution < 1.29 is 0 Å². The maximum absolute atomic E-state index is 5.54. The summed E-state index contributed by atoms with van der Waals surface area (Å²) in [5.41, 5.74) is 15.2. The Kier molecular flexibility index (Phi) is 7.40. The van der Waals surface area contributed by atoms with Crippen LogP contribution in [-0.2, 0) is 5.41 Å². The van der Waals surface area contributed by atoms with Gasteiger partial charge in [0.25, 0.3) is 0 Å². The topological polar surface area (TPSA) is 25.8 Å². The van der Waals surface area contributed by atoms with Crippen LogP contribution in [0.3, 0.4) is 0 Å². The van der Waals surface area contributed by atoms with Crippen molar-refractivity contribution in [3.63, 3.8) is 0 Å². The summed E-state index contributed by atoms with van der Waals surface area (Å²) < 4.78 is 0. The molecule has 9 aromatic rings. The van der Waals surface area contributed by atoms with E-state index < -0.39 is 5.41 Å². The molecule has 1 aliphatic rings. The molecule has 53 heavy (non-hydrogen) atoms. The summed E-state index contributed by atoms with van der Waals surface area (Å²) in [6.45, 7) is 0. The van der Waals surface area contributed by atoms with E-state index in [1.807, 2.05) is 12.3 Å². The van der Waals surface area contributed by atoms with Gasteiger partial charge in [-0.15, -0.1) is 0 Å². The van der Waals surface area contributed by atoms with E-state index in [1.165, 1.54) is 44.2 Å². The minimum absolute atomic E-state index is 0.524. The van der Waals surface area contributed by atoms with Crippen molar-refractivity contribution in [1.29, 1.82) is 0 Å². The molecule has 10 rings (SSSR count). The maximum atomic E-state index is 5.54. The quantitative estimate of drug-likeness (QED) is 0.175. The molecule has 0 bridgehead atoms. The molecule has 0 atom stereocenters. The van der Waals surface area contributed by atoms with Gasteiger partial charge in [0.15, 0.2) is 0 Å². The first-order valence-electron chi connectivity index (χ1n) is 18.2. The molecule has 7 aromatic carbocycles. The zero-order chi connectivity index (χ0) is 35.2. The first kappa shape index (κ1) is 30.9. The summed E-state index contributed by atoms with van der Waals surface area (Å²) in [6.07, 6.45) is 1.99. The summed E-state index contributed by atoms with van der Waals surface area (Å²) >= 11 is 0. The van der Waals surface area contributed by atoms with Gasteiger partial charge in [-0.1, -0.05) is 176 Å². The Bertz CT molecular complexity index is 2700. The lowest BCUT2D eigenvalue weighted by molar-refractivity contribution is 0.769. The van der Waals surface area contributed by atoms with Gasteiger partial charge in [0.2, 0.25) is 0 Å². The highest BCUT2D eigenvalue weighted by Crippen LogP contribution is 2.59. The largest absolute Gasteiger partial charge is 0.256 e. The number of nitrogens with zero attached hydrogens (tertiary/aromatic N) is 2. The average Bonchev–Trinajstić information content (AvgIpc) is 3.54. The van der Waals surface area contributed by atoms with Crippen molar-refractivity contribution in [3.05, 3.63) is 229 Å². The lowest BCUT2D eigenvalue weighted by atomic mass is 9.67. The predicted molar refractivity (Wildman–Crippen MR) is 219 cm³/mol. The predicted octanol–water partition coefficient (Wildman–Crippen LogP) is 12.7. The zero-order valence-electron chi connectivity index (χ0n) is 29.0. The van der Waals surface area contributed by atoms with Gasteiger partial charge in [-0.25, -0.2) is 4.98 Å².